The number of anilines is 1. The monoisotopic (exact) mass is 594 g/mol. The molecule has 0 radical (unpaired) electrons. The van der Waals surface area contributed by atoms with Crippen molar-refractivity contribution in [2.45, 2.75) is 62.2 Å². The summed E-state index contributed by atoms with van der Waals surface area (Å²) in [5, 5.41) is 15.4. The van der Waals surface area contributed by atoms with Crippen LogP contribution >= 0.6 is 0 Å². The zero-order valence-corrected chi connectivity index (χ0v) is 24.2. The number of nitrogens with one attached hydrogen (secondary N) is 1. The van der Waals surface area contributed by atoms with Crippen molar-refractivity contribution >= 4 is 27.5 Å². The smallest absolute Gasteiger partial charge is 0.319 e. The third-order valence-electron chi connectivity index (χ3n) is 10.7. The van der Waals surface area contributed by atoms with Crippen LogP contribution in [0.15, 0.2) is 30.5 Å². The third-order valence-corrected chi connectivity index (χ3v) is 10.7. The number of fused-ring (bicyclic) bond motifs is 7. The molecule has 4 saturated heterocycles. The number of benzene rings is 2. The van der Waals surface area contributed by atoms with E-state index in [0.717, 1.165) is 57.7 Å². The molecule has 0 unspecified atom stereocenters. The lowest BCUT2D eigenvalue weighted by Gasteiger charge is -2.35. The van der Waals surface area contributed by atoms with Crippen molar-refractivity contribution in [1.29, 1.82) is 0 Å². The second-order valence-corrected chi connectivity index (χ2v) is 13.3. The first-order valence-corrected chi connectivity index (χ1v) is 15.6. The summed E-state index contributed by atoms with van der Waals surface area (Å²) in [5.41, 5.74) is 0.176. The maximum absolute atomic E-state index is 16.8. The number of hydrogen-bond acceptors (Lipinski definition) is 8. The molecule has 2 N–H and O–H groups in total. The summed E-state index contributed by atoms with van der Waals surface area (Å²) in [4.78, 5) is 18.9. The molecule has 6 heterocycles. The van der Waals surface area contributed by atoms with Gasteiger partial charge >= 0.3 is 6.01 Å². The van der Waals surface area contributed by atoms with Crippen LogP contribution in [0.2, 0.25) is 0 Å². The van der Waals surface area contributed by atoms with Gasteiger partial charge in [-0.05, 0) is 74.6 Å². The Hall–Kier alpha value is -4.07. The van der Waals surface area contributed by atoms with Gasteiger partial charge in [0, 0.05) is 48.4 Å². The van der Waals surface area contributed by atoms with Crippen molar-refractivity contribution in [3.05, 3.63) is 47.7 Å². The third kappa shape index (κ3) is 3.92. The van der Waals surface area contributed by atoms with Gasteiger partial charge in [-0.3, -0.25) is 9.88 Å². The molecule has 8 nitrogen and oxygen atoms in total. The van der Waals surface area contributed by atoms with E-state index in [1.807, 2.05) is 0 Å². The quantitative estimate of drug-likeness (QED) is 0.320. The lowest BCUT2D eigenvalue weighted by atomic mass is 9.93. The van der Waals surface area contributed by atoms with Crippen molar-refractivity contribution in [3.8, 4) is 35.4 Å². The van der Waals surface area contributed by atoms with E-state index in [9.17, 15) is 9.50 Å². The lowest BCUT2D eigenvalue weighted by Crippen LogP contribution is -2.51. The molecule has 9 rings (SSSR count). The van der Waals surface area contributed by atoms with Gasteiger partial charge in [0.05, 0.1) is 16.5 Å². The molecule has 44 heavy (non-hydrogen) atoms. The highest BCUT2D eigenvalue weighted by Gasteiger charge is 2.61. The number of piperazine rings is 1. The molecule has 4 aromatic rings. The van der Waals surface area contributed by atoms with E-state index in [0.29, 0.717) is 46.7 Å². The van der Waals surface area contributed by atoms with E-state index in [-0.39, 0.29) is 39.6 Å². The molecule has 0 spiro atoms. The molecule has 2 aromatic carbocycles. The van der Waals surface area contributed by atoms with E-state index >= 15 is 4.39 Å². The molecule has 2 aromatic heterocycles. The summed E-state index contributed by atoms with van der Waals surface area (Å²) in [6.07, 6.45) is 14.1. The van der Waals surface area contributed by atoms with Gasteiger partial charge in [-0.2, -0.15) is 9.97 Å². The van der Waals surface area contributed by atoms with Crippen LogP contribution in [0.3, 0.4) is 0 Å². The molecule has 4 aliphatic heterocycles. The molecule has 1 aliphatic carbocycles. The summed E-state index contributed by atoms with van der Waals surface area (Å²) >= 11 is 0. The van der Waals surface area contributed by atoms with Crippen LogP contribution in [0.4, 0.5) is 14.6 Å². The molecule has 5 fully saturated rings. The highest BCUT2D eigenvalue weighted by molar-refractivity contribution is 6.03. The fourth-order valence-corrected chi connectivity index (χ4v) is 8.67. The van der Waals surface area contributed by atoms with Crippen LogP contribution in [0.1, 0.15) is 44.1 Å². The first-order valence-electron chi connectivity index (χ1n) is 15.6. The molecule has 5 aliphatic rings. The number of pyridine rings is 1. The minimum atomic E-state index is -0.698. The van der Waals surface area contributed by atoms with Crippen LogP contribution in [0.5, 0.6) is 11.8 Å². The predicted octanol–water partition coefficient (Wildman–Crippen LogP) is 4.76. The summed E-state index contributed by atoms with van der Waals surface area (Å²) in [7, 11) is 0. The number of nitrogens with zero attached hydrogens (tertiary/aromatic N) is 5. The van der Waals surface area contributed by atoms with Gasteiger partial charge < -0.3 is 20.1 Å². The number of aromatic hydroxyl groups is 1. The minimum absolute atomic E-state index is 0.00164. The van der Waals surface area contributed by atoms with Gasteiger partial charge in [0.1, 0.15) is 35.2 Å². The molecule has 10 heteroatoms. The van der Waals surface area contributed by atoms with E-state index in [1.54, 1.807) is 6.20 Å². The van der Waals surface area contributed by atoms with Gasteiger partial charge in [0.2, 0.25) is 0 Å². The average molecular weight is 595 g/mol. The first-order chi connectivity index (χ1) is 21.4. The van der Waals surface area contributed by atoms with Gasteiger partial charge in [-0.25, -0.2) is 8.78 Å². The number of aromatic nitrogens is 3. The van der Waals surface area contributed by atoms with E-state index in [1.165, 1.54) is 30.7 Å². The van der Waals surface area contributed by atoms with Crippen molar-refractivity contribution in [2.75, 3.05) is 31.1 Å². The average Bonchev–Trinajstić information content (AvgIpc) is 3.33. The predicted molar refractivity (Wildman–Crippen MR) is 163 cm³/mol. The highest BCUT2D eigenvalue weighted by atomic mass is 19.1. The Kier molecular flexibility index (Phi) is 5.67. The van der Waals surface area contributed by atoms with Crippen LogP contribution in [0, 0.1) is 29.9 Å². The second-order valence-electron chi connectivity index (χ2n) is 13.3. The molecule has 0 amide bonds. The zero-order valence-electron chi connectivity index (χ0n) is 24.2. The largest absolute Gasteiger partial charge is 0.508 e. The number of phenolic OH excluding ortho intramolecular Hbond substituents is 1. The van der Waals surface area contributed by atoms with E-state index < -0.39 is 11.6 Å². The number of hydrogen-bond donors (Lipinski definition) is 2. The molecule has 1 saturated carbocycles. The highest BCUT2D eigenvalue weighted by Crippen LogP contribution is 2.56. The first kappa shape index (κ1) is 26.3. The number of halogens is 2. The zero-order chi connectivity index (χ0) is 29.7. The minimum Gasteiger partial charge on any atom is -0.508 e. The summed E-state index contributed by atoms with van der Waals surface area (Å²) in [6, 6.07) is 7.09. The van der Waals surface area contributed by atoms with Crippen LogP contribution in [-0.2, 0) is 0 Å². The van der Waals surface area contributed by atoms with Crippen molar-refractivity contribution < 1.29 is 18.6 Å². The number of piperidine rings is 1. The topological polar surface area (TPSA) is 86.6 Å². The van der Waals surface area contributed by atoms with E-state index in [4.69, 9.17) is 16.1 Å². The Labute approximate surface area is 253 Å². The standard InChI is InChI=1S/C34H32F2N6O2/c1-2-23-26(35)7-4-18-10-22(43)12-24(28(18)23)30-29(36)31-25(14-37-30)32(41-15-20-5-6-21(16-41)38-20)40-33(39-31)44-17-34-8-3-9-42(34)27-11-19(27)13-34/h1,4,7,10,12,14,19-21,27,38,43H,3,5-6,8-9,11,13,15-17H2/t19-,20-,21+,27-,34-/m0/s1. The number of rotatable bonds is 5. The number of terminal acetylenes is 1. The molecular formula is C34H32F2N6O2. The fraction of sp³-hybridized carbons (Fsp3) is 0.441. The Bertz CT molecular complexity index is 1900. The summed E-state index contributed by atoms with van der Waals surface area (Å²) < 4.78 is 38.0. The van der Waals surface area contributed by atoms with Gasteiger partial charge in [-0.1, -0.05) is 12.0 Å². The van der Waals surface area contributed by atoms with Crippen LogP contribution in [-0.4, -0.2) is 74.9 Å². The lowest BCUT2D eigenvalue weighted by molar-refractivity contribution is 0.0867. The maximum atomic E-state index is 16.8. The summed E-state index contributed by atoms with van der Waals surface area (Å²) in [6.45, 7) is 3.06. The Balaban J connectivity index is 1.19. The SMILES string of the molecule is C#Cc1c(F)ccc2cc(O)cc(-c3ncc4c(N5C[C@H]6CC[C@@H](C5)N6)nc(OC[C@@]56CCCN5[C@H]5C[C@H]5C6)nc4c3F)c12. The van der Waals surface area contributed by atoms with Gasteiger partial charge in [0.25, 0.3) is 0 Å². The van der Waals surface area contributed by atoms with Gasteiger partial charge in [-0.15, -0.1) is 6.42 Å². The Morgan fingerprint density at radius 3 is 2.82 bits per heavy atom. The Morgan fingerprint density at radius 2 is 2.00 bits per heavy atom. The van der Waals surface area contributed by atoms with Gasteiger partial charge in [0.15, 0.2) is 5.82 Å². The van der Waals surface area contributed by atoms with E-state index in [2.05, 4.69) is 31.0 Å². The maximum Gasteiger partial charge on any atom is 0.319 e. The Morgan fingerprint density at radius 1 is 1.16 bits per heavy atom. The number of phenols is 1. The van der Waals surface area contributed by atoms with Crippen molar-refractivity contribution in [2.24, 2.45) is 5.92 Å². The summed E-state index contributed by atoms with van der Waals surface area (Å²) in [5.74, 6) is 2.34. The molecule has 2 bridgehead atoms. The van der Waals surface area contributed by atoms with Crippen molar-refractivity contribution in [1.82, 2.24) is 25.2 Å². The normalized spacial score (nSPS) is 28.8. The van der Waals surface area contributed by atoms with Crippen LogP contribution < -0.4 is 15.0 Å². The molecular weight excluding hydrogens is 562 g/mol. The number of ether oxygens (including phenoxy) is 1. The second kappa shape index (κ2) is 9.46. The van der Waals surface area contributed by atoms with Crippen LogP contribution in [0.25, 0.3) is 32.9 Å². The molecule has 224 valence electrons. The molecule has 5 atom stereocenters. The fourth-order valence-electron chi connectivity index (χ4n) is 8.67. The van der Waals surface area contributed by atoms with Crippen molar-refractivity contribution in [3.63, 3.8) is 0 Å².